The molecule has 1 aliphatic rings. The smallest absolute Gasteiger partial charge is 0.245 e. The standard InChI is InChI=1S/C24H39N5O4/c1-6-16(2)13-19(23(31)26-18-9-11-29(3)12-10-18)27-24(25)28-22(30)15-17-7-8-20(32-4)21(14-17)33-5/h7-8,14,16,18-19H,6,9-13,15H2,1-5H3,(H,26,31)(H3,25,27,28,30)/t16?,19-/m1/s1. The molecule has 0 radical (unpaired) electrons. The van der Waals surface area contributed by atoms with Crippen molar-refractivity contribution in [3.8, 4) is 11.5 Å². The lowest BCUT2D eigenvalue weighted by atomic mass is 9.98. The first-order chi connectivity index (χ1) is 15.7. The Labute approximate surface area is 197 Å². The molecule has 0 saturated carbocycles. The number of benzene rings is 1. The molecule has 9 nitrogen and oxygen atoms in total. The van der Waals surface area contributed by atoms with Gasteiger partial charge in [-0.3, -0.25) is 14.9 Å². The molecule has 1 heterocycles. The fraction of sp³-hybridized carbons (Fsp3) is 0.625. The molecule has 1 saturated heterocycles. The average molecular weight is 462 g/mol. The molecule has 2 amide bonds. The normalized spacial score (nSPS) is 17.2. The number of rotatable bonds is 10. The Morgan fingerprint density at radius 1 is 1.21 bits per heavy atom. The van der Waals surface area contributed by atoms with E-state index in [1.54, 1.807) is 32.4 Å². The molecule has 1 fully saturated rings. The molecule has 33 heavy (non-hydrogen) atoms. The molecule has 2 atom stereocenters. The minimum absolute atomic E-state index is 0.0488. The quantitative estimate of drug-likeness (QED) is 0.360. The Morgan fingerprint density at radius 3 is 2.48 bits per heavy atom. The van der Waals surface area contributed by atoms with Crippen LogP contribution in [0.4, 0.5) is 0 Å². The zero-order chi connectivity index (χ0) is 24.4. The zero-order valence-corrected chi connectivity index (χ0v) is 20.5. The topological polar surface area (TPSA) is 118 Å². The first-order valence-corrected chi connectivity index (χ1v) is 11.6. The number of carbonyl (C=O) groups excluding carboxylic acids is 2. The number of hydrogen-bond donors (Lipinski definition) is 3. The van der Waals surface area contributed by atoms with Crippen molar-refractivity contribution >= 4 is 17.8 Å². The number of nitrogens with zero attached hydrogens (tertiary/aromatic N) is 2. The van der Waals surface area contributed by atoms with E-state index in [2.05, 4.69) is 41.4 Å². The summed E-state index contributed by atoms with van der Waals surface area (Å²) in [4.78, 5) is 32.1. The first-order valence-electron chi connectivity index (χ1n) is 11.6. The maximum Gasteiger partial charge on any atom is 0.245 e. The third kappa shape index (κ3) is 8.57. The number of ether oxygens (including phenoxy) is 2. The maximum absolute atomic E-state index is 13.0. The maximum atomic E-state index is 13.0. The molecular formula is C24H39N5O4. The predicted molar refractivity (Wildman–Crippen MR) is 130 cm³/mol. The third-order valence-electron chi connectivity index (χ3n) is 6.07. The summed E-state index contributed by atoms with van der Waals surface area (Å²) < 4.78 is 10.5. The summed E-state index contributed by atoms with van der Waals surface area (Å²) in [6.45, 7) is 6.07. The van der Waals surface area contributed by atoms with Crippen LogP contribution in [0.25, 0.3) is 0 Å². The summed E-state index contributed by atoms with van der Waals surface area (Å²) >= 11 is 0. The van der Waals surface area contributed by atoms with Gasteiger partial charge in [0.25, 0.3) is 0 Å². The van der Waals surface area contributed by atoms with E-state index >= 15 is 0 Å². The largest absolute Gasteiger partial charge is 0.493 e. The number of hydrogen-bond acceptors (Lipinski definition) is 6. The van der Waals surface area contributed by atoms with Crippen LogP contribution in [-0.4, -0.2) is 69.1 Å². The van der Waals surface area contributed by atoms with E-state index < -0.39 is 6.04 Å². The van der Waals surface area contributed by atoms with Crippen LogP contribution in [0.5, 0.6) is 11.5 Å². The van der Waals surface area contributed by atoms with Crippen LogP contribution >= 0.6 is 0 Å². The second-order valence-electron chi connectivity index (χ2n) is 8.78. The van der Waals surface area contributed by atoms with Crippen molar-refractivity contribution in [1.29, 1.82) is 0 Å². The number of amides is 2. The SMILES string of the molecule is CCC(C)C[C@@H](N=C(N)NC(=O)Cc1ccc(OC)c(OC)c1)C(=O)NC1CCN(C)CC1. The van der Waals surface area contributed by atoms with Crippen molar-refractivity contribution in [2.24, 2.45) is 16.6 Å². The van der Waals surface area contributed by atoms with Crippen molar-refractivity contribution in [3.05, 3.63) is 23.8 Å². The van der Waals surface area contributed by atoms with Gasteiger partial charge >= 0.3 is 0 Å². The molecule has 1 unspecified atom stereocenters. The van der Waals surface area contributed by atoms with Crippen LogP contribution in [0.15, 0.2) is 23.2 Å². The van der Waals surface area contributed by atoms with E-state index in [1.807, 2.05) is 0 Å². The zero-order valence-electron chi connectivity index (χ0n) is 20.5. The molecule has 1 aromatic carbocycles. The van der Waals surface area contributed by atoms with Gasteiger partial charge in [0.05, 0.1) is 20.6 Å². The molecular weight excluding hydrogens is 422 g/mol. The highest BCUT2D eigenvalue weighted by molar-refractivity contribution is 5.98. The van der Waals surface area contributed by atoms with Gasteiger partial charge in [-0.2, -0.15) is 0 Å². The average Bonchev–Trinajstić information content (AvgIpc) is 2.79. The number of likely N-dealkylation sites (tertiary alicyclic amines) is 1. The van der Waals surface area contributed by atoms with Crippen molar-refractivity contribution < 1.29 is 19.1 Å². The molecule has 1 aromatic rings. The van der Waals surface area contributed by atoms with E-state index in [-0.39, 0.29) is 30.2 Å². The van der Waals surface area contributed by atoms with Gasteiger partial charge < -0.3 is 25.4 Å². The lowest BCUT2D eigenvalue weighted by Crippen LogP contribution is -2.47. The number of guanidine groups is 1. The molecule has 0 aliphatic carbocycles. The molecule has 184 valence electrons. The Bertz CT molecular complexity index is 821. The molecule has 0 aromatic heterocycles. The number of aliphatic imine (C=N–C) groups is 1. The number of nitrogens with one attached hydrogen (secondary N) is 2. The van der Waals surface area contributed by atoms with Crippen LogP contribution < -0.4 is 25.8 Å². The lowest BCUT2D eigenvalue weighted by molar-refractivity contribution is -0.124. The van der Waals surface area contributed by atoms with E-state index in [9.17, 15) is 9.59 Å². The first kappa shape index (κ1) is 26.4. The molecule has 4 N–H and O–H groups in total. The molecule has 1 aliphatic heterocycles. The number of nitrogens with two attached hydrogens (primary N) is 1. The summed E-state index contributed by atoms with van der Waals surface area (Å²) in [5, 5.41) is 5.73. The summed E-state index contributed by atoms with van der Waals surface area (Å²) in [6, 6.07) is 4.78. The van der Waals surface area contributed by atoms with E-state index in [1.165, 1.54) is 0 Å². The highest BCUT2D eigenvalue weighted by Crippen LogP contribution is 2.27. The second-order valence-corrected chi connectivity index (χ2v) is 8.78. The highest BCUT2D eigenvalue weighted by atomic mass is 16.5. The van der Waals surface area contributed by atoms with Crippen molar-refractivity contribution in [1.82, 2.24) is 15.5 Å². The molecule has 0 bridgehead atoms. The van der Waals surface area contributed by atoms with Crippen LogP contribution in [0, 0.1) is 5.92 Å². The molecule has 0 spiro atoms. The number of methoxy groups -OCH3 is 2. The Kier molecular flexibility index (Phi) is 10.4. The monoisotopic (exact) mass is 461 g/mol. The van der Waals surface area contributed by atoms with Gasteiger partial charge in [-0.15, -0.1) is 0 Å². The van der Waals surface area contributed by atoms with Crippen LogP contribution in [0.2, 0.25) is 0 Å². The highest BCUT2D eigenvalue weighted by Gasteiger charge is 2.25. The Morgan fingerprint density at radius 2 is 1.88 bits per heavy atom. The fourth-order valence-corrected chi connectivity index (χ4v) is 3.78. The predicted octanol–water partition coefficient (Wildman–Crippen LogP) is 1.69. The van der Waals surface area contributed by atoms with Gasteiger partial charge in [-0.1, -0.05) is 26.3 Å². The minimum Gasteiger partial charge on any atom is -0.493 e. The molecule has 9 heteroatoms. The van der Waals surface area contributed by atoms with Crippen LogP contribution in [0.1, 0.15) is 45.1 Å². The van der Waals surface area contributed by atoms with Gasteiger partial charge in [-0.05, 0) is 63.0 Å². The van der Waals surface area contributed by atoms with Gasteiger partial charge in [-0.25, -0.2) is 4.99 Å². The van der Waals surface area contributed by atoms with E-state index in [0.717, 1.165) is 37.9 Å². The summed E-state index contributed by atoms with van der Waals surface area (Å²) in [5.41, 5.74) is 6.77. The fourth-order valence-electron chi connectivity index (χ4n) is 3.78. The second kappa shape index (κ2) is 13.0. The summed E-state index contributed by atoms with van der Waals surface area (Å²) in [6.07, 6.45) is 3.42. The minimum atomic E-state index is -0.638. The van der Waals surface area contributed by atoms with Gasteiger partial charge in [0, 0.05) is 6.04 Å². The Hall–Kier alpha value is -2.81. The third-order valence-corrected chi connectivity index (χ3v) is 6.07. The number of piperidine rings is 1. The van der Waals surface area contributed by atoms with Crippen LogP contribution in [0.3, 0.4) is 0 Å². The Balaban J connectivity index is 2.02. The van der Waals surface area contributed by atoms with Crippen molar-refractivity contribution in [3.63, 3.8) is 0 Å². The molecule has 2 rings (SSSR count). The van der Waals surface area contributed by atoms with Crippen molar-refractivity contribution in [2.75, 3.05) is 34.4 Å². The van der Waals surface area contributed by atoms with E-state index in [4.69, 9.17) is 15.2 Å². The van der Waals surface area contributed by atoms with Gasteiger partial charge in [0.2, 0.25) is 11.8 Å². The number of carbonyl (C=O) groups is 2. The summed E-state index contributed by atoms with van der Waals surface area (Å²) in [7, 11) is 5.18. The summed E-state index contributed by atoms with van der Waals surface area (Å²) in [5.74, 6) is 0.933. The van der Waals surface area contributed by atoms with Gasteiger partial charge in [0.1, 0.15) is 6.04 Å². The van der Waals surface area contributed by atoms with E-state index in [0.29, 0.717) is 23.8 Å². The lowest BCUT2D eigenvalue weighted by Gasteiger charge is -2.30. The van der Waals surface area contributed by atoms with Crippen LogP contribution in [-0.2, 0) is 16.0 Å². The van der Waals surface area contributed by atoms with Gasteiger partial charge in [0.15, 0.2) is 17.5 Å². The van der Waals surface area contributed by atoms with Crippen molar-refractivity contribution in [2.45, 2.75) is 58.0 Å².